The van der Waals surface area contributed by atoms with Crippen molar-refractivity contribution in [3.63, 3.8) is 0 Å². The number of hydrogen-bond acceptors (Lipinski definition) is 3. The number of aromatic nitrogens is 1. The molecule has 0 saturated heterocycles. The fourth-order valence-electron chi connectivity index (χ4n) is 0.979. The van der Waals surface area contributed by atoms with Crippen molar-refractivity contribution in [3.8, 4) is 16.5 Å². The van der Waals surface area contributed by atoms with Gasteiger partial charge in [-0.05, 0) is 0 Å². The SMILES string of the molecule is Oc1csc(-c2ccccc2)n1.[Zn]. The van der Waals surface area contributed by atoms with Gasteiger partial charge in [0.1, 0.15) is 5.01 Å². The molecule has 0 amide bonds. The molecule has 0 aliphatic heterocycles. The molecule has 0 aliphatic rings. The second-order valence-electron chi connectivity index (χ2n) is 2.38. The predicted molar refractivity (Wildman–Crippen MR) is 49.2 cm³/mol. The van der Waals surface area contributed by atoms with E-state index >= 15 is 0 Å². The van der Waals surface area contributed by atoms with Crippen LogP contribution in [0.1, 0.15) is 0 Å². The molecule has 1 heterocycles. The molecule has 4 heteroatoms. The molecule has 0 radical (unpaired) electrons. The largest absolute Gasteiger partial charge is 0.493 e. The third kappa shape index (κ3) is 2.36. The Hall–Kier alpha value is -0.727. The standard InChI is InChI=1S/C9H7NOS.Zn/c11-8-6-12-9(10-8)7-4-2-1-3-5-7;/h1-6,11H;. The summed E-state index contributed by atoms with van der Waals surface area (Å²) in [5.41, 5.74) is 1.04. The van der Waals surface area contributed by atoms with Gasteiger partial charge < -0.3 is 5.11 Å². The Morgan fingerprint density at radius 1 is 1.15 bits per heavy atom. The smallest absolute Gasteiger partial charge is 0.222 e. The third-order valence-electron chi connectivity index (χ3n) is 1.51. The molecule has 0 atom stereocenters. The summed E-state index contributed by atoms with van der Waals surface area (Å²) in [5.74, 6) is 0.0962. The van der Waals surface area contributed by atoms with E-state index in [1.165, 1.54) is 11.3 Å². The van der Waals surface area contributed by atoms with E-state index in [4.69, 9.17) is 5.11 Å². The molecule has 0 bridgehead atoms. The Labute approximate surface area is 93.0 Å². The van der Waals surface area contributed by atoms with Gasteiger partial charge in [-0.1, -0.05) is 30.3 Å². The molecule has 0 aliphatic carbocycles. The van der Waals surface area contributed by atoms with Gasteiger partial charge in [0.2, 0.25) is 5.88 Å². The molecule has 2 aromatic rings. The van der Waals surface area contributed by atoms with Gasteiger partial charge >= 0.3 is 0 Å². The van der Waals surface area contributed by atoms with Crippen LogP contribution < -0.4 is 0 Å². The van der Waals surface area contributed by atoms with Crippen LogP contribution in [0.4, 0.5) is 0 Å². The summed E-state index contributed by atoms with van der Waals surface area (Å²) in [7, 11) is 0. The minimum atomic E-state index is 0. The Morgan fingerprint density at radius 3 is 2.38 bits per heavy atom. The van der Waals surface area contributed by atoms with Crippen LogP contribution >= 0.6 is 11.3 Å². The van der Waals surface area contributed by atoms with E-state index in [-0.39, 0.29) is 25.4 Å². The molecule has 2 rings (SSSR count). The van der Waals surface area contributed by atoms with Crippen LogP contribution in [0.2, 0.25) is 0 Å². The molecule has 0 fully saturated rings. The van der Waals surface area contributed by atoms with E-state index in [1.54, 1.807) is 5.38 Å². The van der Waals surface area contributed by atoms with Gasteiger partial charge in [0.25, 0.3) is 0 Å². The van der Waals surface area contributed by atoms with E-state index in [0.717, 1.165) is 10.6 Å². The normalized spacial score (nSPS) is 9.23. The first-order valence-electron chi connectivity index (χ1n) is 3.56. The summed E-state index contributed by atoms with van der Waals surface area (Å²) in [6, 6.07) is 9.80. The number of thiazole rings is 1. The molecule has 1 N–H and O–H groups in total. The molecule has 0 spiro atoms. The Bertz CT molecular complexity index is 374. The average Bonchev–Trinajstić information content (AvgIpc) is 2.54. The second-order valence-corrected chi connectivity index (χ2v) is 3.23. The van der Waals surface area contributed by atoms with Crippen molar-refractivity contribution in [3.05, 3.63) is 35.7 Å². The number of benzene rings is 1. The maximum Gasteiger partial charge on any atom is 0.222 e. The molecule has 13 heavy (non-hydrogen) atoms. The number of hydrogen-bond donors (Lipinski definition) is 1. The van der Waals surface area contributed by atoms with Crippen molar-refractivity contribution in [1.82, 2.24) is 4.98 Å². The zero-order chi connectivity index (χ0) is 8.39. The number of aromatic hydroxyl groups is 1. The van der Waals surface area contributed by atoms with E-state index in [9.17, 15) is 0 Å². The Balaban J connectivity index is 0.000000845. The molecule has 2 nitrogen and oxygen atoms in total. The van der Waals surface area contributed by atoms with E-state index in [0.29, 0.717) is 0 Å². The topological polar surface area (TPSA) is 33.1 Å². The van der Waals surface area contributed by atoms with E-state index in [1.807, 2.05) is 30.3 Å². The molecule has 1 aromatic carbocycles. The summed E-state index contributed by atoms with van der Waals surface area (Å²) in [6.45, 7) is 0. The van der Waals surface area contributed by atoms with Crippen LogP contribution in [0.25, 0.3) is 10.6 Å². The average molecular weight is 243 g/mol. The maximum absolute atomic E-state index is 9.01. The number of nitrogens with zero attached hydrogens (tertiary/aromatic N) is 1. The fourth-order valence-corrected chi connectivity index (χ4v) is 1.67. The molecule has 1 aromatic heterocycles. The van der Waals surface area contributed by atoms with E-state index < -0.39 is 0 Å². The third-order valence-corrected chi connectivity index (χ3v) is 2.39. The Morgan fingerprint density at radius 2 is 1.85 bits per heavy atom. The van der Waals surface area contributed by atoms with Crippen molar-refractivity contribution >= 4 is 11.3 Å². The Kier molecular flexibility index (Phi) is 3.58. The predicted octanol–water partition coefficient (Wildman–Crippen LogP) is 2.51. The first-order chi connectivity index (χ1) is 5.86. The van der Waals surface area contributed by atoms with Gasteiger partial charge in [-0.25, -0.2) is 4.98 Å². The van der Waals surface area contributed by atoms with Gasteiger partial charge in [0, 0.05) is 25.0 Å². The van der Waals surface area contributed by atoms with Crippen molar-refractivity contribution < 1.29 is 24.6 Å². The van der Waals surface area contributed by atoms with Crippen LogP contribution in [-0.4, -0.2) is 10.1 Å². The molecule has 0 saturated carbocycles. The van der Waals surface area contributed by atoms with Gasteiger partial charge in [-0.2, -0.15) is 0 Å². The zero-order valence-corrected chi connectivity index (χ0v) is 10.8. The number of rotatable bonds is 1. The van der Waals surface area contributed by atoms with Crippen LogP contribution in [0.5, 0.6) is 5.88 Å². The summed E-state index contributed by atoms with van der Waals surface area (Å²) in [5, 5.41) is 11.5. The van der Waals surface area contributed by atoms with Gasteiger partial charge in [0.15, 0.2) is 0 Å². The monoisotopic (exact) mass is 241 g/mol. The van der Waals surface area contributed by atoms with Crippen molar-refractivity contribution in [2.24, 2.45) is 0 Å². The summed E-state index contributed by atoms with van der Waals surface area (Å²) in [4.78, 5) is 3.96. The van der Waals surface area contributed by atoms with Crippen molar-refractivity contribution in [1.29, 1.82) is 0 Å². The minimum Gasteiger partial charge on any atom is -0.493 e. The van der Waals surface area contributed by atoms with Gasteiger partial charge in [-0.15, -0.1) is 11.3 Å². The quantitative estimate of drug-likeness (QED) is 0.780. The molecule has 0 unspecified atom stereocenters. The summed E-state index contributed by atoms with van der Waals surface area (Å²) < 4.78 is 0. The van der Waals surface area contributed by atoms with E-state index in [2.05, 4.69) is 4.98 Å². The summed E-state index contributed by atoms with van der Waals surface area (Å²) >= 11 is 1.44. The minimum absolute atomic E-state index is 0. The maximum atomic E-state index is 9.01. The second kappa shape index (κ2) is 4.49. The first kappa shape index (κ1) is 10.4. The molecule has 62 valence electrons. The fraction of sp³-hybridized carbons (Fsp3) is 0. The molecular formula is C9H7NOSZn. The van der Waals surface area contributed by atoms with Crippen LogP contribution in [-0.2, 0) is 19.5 Å². The first-order valence-corrected chi connectivity index (χ1v) is 4.44. The summed E-state index contributed by atoms with van der Waals surface area (Å²) in [6.07, 6.45) is 0. The van der Waals surface area contributed by atoms with Gasteiger partial charge in [0.05, 0.1) is 5.38 Å². The van der Waals surface area contributed by atoms with Gasteiger partial charge in [-0.3, -0.25) is 0 Å². The van der Waals surface area contributed by atoms with Crippen LogP contribution in [0, 0.1) is 0 Å². The molecular weight excluding hydrogens is 236 g/mol. The van der Waals surface area contributed by atoms with Crippen LogP contribution in [0.15, 0.2) is 35.7 Å². The van der Waals surface area contributed by atoms with Crippen molar-refractivity contribution in [2.45, 2.75) is 0 Å². The van der Waals surface area contributed by atoms with Crippen LogP contribution in [0.3, 0.4) is 0 Å². The van der Waals surface area contributed by atoms with Crippen molar-refractivity contribution in [2.75, 3.05) is 0 Å². The zero-order valence-electron chi connectivity index (χ0n) is 6.97.